The molecule has 0 bridgehead atoms. The van der Waals surface area contributed by atoms with Crippen LogP contribution in [0.3, 0.4) is 0 Å². The molecule has 0 saturated carbocycles. The van der Waals surface area contributed by atoms with E-state index in [0.717, 1.165) is 12.0 Å². The molecule has 2 aromatic rings. The van der Waals surface area contributed by atoms with Crippen molar-refractivity contribution in [1.82, 2.24) is 0 Å². The molecule has 24 heavy (non-hydrogen) atoms. The molecule has 128 valence electrons. The number of rotatable bonds is 5. The van der Waals surface area contributed by atoms with Crippen LogP contribution >= 0.6 is 11.6 Å². The van der Waals surface area contributed by atoms with E-state index in [4.69, 9.17) is 21.1 Å². The van der Waals surface area contributed by atoms with Gasteiger partial charge in [0, 0.05) is 18.1 Å². The summed E-state index contributed by atoms with van der Waals surface area (Å²) in [6.45, 7) is 4.24. The zero-order valence-corrected chi connectivity index (χ0v) is 14.9. The second-order valence-corrected chi connectivity index (χ2v) is 7.62. The van der Waals surface area contributed by atoms with Gasteiger partial charge >= 0.3 is 0 Å². The number of halogens is 1. The number of sulfonamides is 1. The van der Waals surface area contributed by atoms with Crippen molar-refractivity contribution in [3.8, 4) is 11.5 Å². The van der Waals surface area contributed by atoms with Crippen molar-refractivity contribution in [1.29, 1.82) is 0 Å². The Morgan fingerprint density at radius 3 is 2.79 bits per heavy atom. The van der Waals surface area contributed by atoms with E-state index in [2.05, 4.69) is 4.72 Å². The minimum absolute atomic E-state index is 0.0175. The van der Waals surface area contributed by atoms with Crippen LogP contribution in [0.2, 0.25) is 5.02 Å². The first-order valence-corrected chi connectivity index (χ1v) is 9.50. The molecule has 5 nitrogen and oxygen atoms in total. The topological polar surface area (TPSA) is 64.6 Å². The van der Waals surface area contributed by atoms with E-state index in [0.29, 0.717) is 23.8 Å². The second-order valence-electron chi connectivity index (χ2n) is 5.56. The van der Waals surface area contributed by atoms with Crippen molar-refractivity contribution in [3.63, 3.8) is 0 Å². The third kappa shape index (κ3) is 3.30. The zero-order valence-electron chi connectivity index (χ0n) is 13.4. The van der Waals surface area contributed by atoms with Crippen molar-refractivity contribution in [2.24, 2.45) is 0 Å². The molecule has 1 N–H and O–H groups in total. The maximum Gasteiger partial charge on any atom is 0.263 e. The number of hydrogen-bond donors (Lipinski definition) is 1. The van der Waals surface area contributed by atoms with Gasteiger partial charge < -0.3 is 9.47 Å². The fourth-order valence-electron chi connectivity index (χ4n) is 2.66. The third-order valence-corrected chi connectivity index (χ3v) is 5.53. The van der Waals surface area contributed by atoms with Crippen LogP contribution in [0.15, 0.2) is 41.3 Å². The molecular formula is C17H18ClNO4S. The van der Waals surface area contributed by atoms with Crippen LogP contribution < -0.4 is 14.2 Å². The Labute approximate surface area is 146 Å². The number of nitrogens with one attached hydrogen (secondary N) is 1. The van der Waals surface area contributed by atoms with Gasteiger partial charge in [0.05, 0.1) is 17.3 Å². The molecule has 0 spiro atoms. The van der Waals surface area contributed by atoms with Crippen LogP contribution in [-0.4, -0.2) is 21.1 Å². The lowest BCUT2D eigenvalue weighted by atomic mass is 10.1. The first-order chi connectivity index (χ1) is 11.4. The summed E-state index contributed by atoms with van der Waals surface area (Å²) in [7, 11) is -3.83. The Morgan fingerprint density at radius 2 is 2.08 bits per heavy atom. The van der Waals surface area contributed by atoms with E-state index in [1.807, 2.05) is 19.9 Å². The molecule has 1 aliphatic heterocycles. The van der Waals surface area contributed by atoms with Gasteiger partial charge in [-0.1, -0.05) is 23.7 Å². The highest BCUT2D eigenvalue weighted by Crippen LogP contribution is 2.39. The van der Waals surface area contributed by atoms with E-state index in [9.17, 15) is 8.42 Å². The number of fused-ring (bicyclic) bond motifs is 1. The lowest BCUT2D eigenvalue weighted by Crippen LogP contribution is -2.14. The van der Waals surface area contributed by atoms with Gasteiger partial charge in [-0.2, -0.15) is 0 Å². The summed E-state index contributed by atoms with van der Waals surface area (Å²) in [5, 5.41) is 0.161. The quantitative estimate of drug-likeness (QED) is 0.871. The Kier molecular flexibility index (Phi) is 4.60. The minimum Gasteiger partial charge on any atom is -0.492 e. The van der Waals surface area contributed by atoms with Gasteiger partial charge in [-0.15, -0.1) is 0 Å². The van der Waals surface area contributed by atoms with E-state index in [-0.39, 0.29) is 16.0 Å². The van der Waals surface area contributed by atoms with Crippen LogP contribution in [0.1, 0.15) is 19.4 Å². The van der Waals surface area contributed by atoms with Crippen LogP contribution in [0, 0.1) is 0 Å². The van der Waals surface area contributed by atoms with Crippen LogP contribution in [0.25, 0.3) is 0 Å². The maximum absolute atomic E-state index is 12.7. The van der Waals surface area contributed by atoms with Crippen molar-refractivity contribution in [2.75, 3.05) is 11.3 Å². The molecule has 7 heteroatoms. The molecule has 0 radical (unpaired) electrons. The molecule has 1 atom stereocenters. The lowest BCUT2D eigenvalue weighted by Gasteiger charge is -2.15. The Hall–Kier alpha value is -1.92. The molecule has 0 amide bonds. The summed E-state index contributed by atoms with van der Waals surface area (Å²) in [6.07, 6.45) is 0.831. The molecule has 0 aromatic heterocycles. The SMILES string of the molecule is CCOc1cc2c(cc1NS(=O)(=O)c1ccccc1Cl)O[C@@H](C)C2. The van der Waals surface area contributed by atoms with E-state index in [1.54, 1.807) is 18.2 Å². The monoisotopic (exact) mass is 367 g/mol. The number of hydrogen-bond acceptors (Lipinski definition) is 4. The van der Waals surface area contributed by atoms with Crippen molar-refractivity contribution in [3.05, 3.63) is 47.0 Å². The highest BCUT2D eigenvalue weighted by molar-refractivity contribution is 7.92. The summed E-state index contributed by atoms with van der Waals surface area (Å²) in [4.78, 5) is 0.0175. The average molecular weight is 368 g/mol. The summed E-state index contributed by atoms with van der Waals surface area (Å²) in [6, 6.07) is 9.78. The Morgan fingerprint density at radius 1 is 1.33 bits per heavy atom. The number of anilines is 1. The third-order valence-electron chi connectivity index (χ3n) is 3.67. The van der Waals surface area contributed by atoms with Crippen molar-refractivity contribution in [2.45, 2.75) is 31.3 Å². The Balaban J connectivity index is 2.00. The van der Waals surface area contributed by atoms with Gasteiger partial charge in [0.1, 0.15) is 22.5 Å². The summed E-state index contributed by atoms with van der Waals surface area (Å²) >= 11 is 6.01. The number of benzene rings is 2. The predicted molar refractivity (Wildman–Crippen MR) is 93.7 cm³/mol. The molecule has 0 unspecified atom stereocenters. The van der Waals surface area contributed by atoms with Gasteiger partial charge in [0.25, 0.3) is 10.0 Å². The van der Waals surface area contributed by atoms with Crippen molar-refractivity contribution >= 4 is 27.3 Å². The lowest BCUT2D eigenvalue weighted by molar-refractivity contribution is 0.254. The predicted octanol–water partition coefficient (Wildman–Crippen LogP) is 3.86. The van der Waals surface area contributed by atoms with Crippen molar-refractivity contribution < 1.29 is 17.9 Å². The van der Waals surface area contributed by atoms with Crippen LogP contribution in [-0.2, 0) is 16.4 Å². The van der Waals surface area contributed by atoms with Gasteiger partial charge in [0.15, 0.2) is 0 Å². The van der Waals surface area contributed by atoms with Gasteiger partial charge in [0.2, 0.25) is 0 Å². The molecular weight excluding hydrogens is 350 g/mol. The zero-order chi connectivity index (χ0) is 17.3. The summed E-state index contributed by atoms with van der Waals surface area (Å²) < 4.78 is 39.2. The summed E-state index contributed by atoms with van der Waals surface area (Å²) in [5.41, 5.74) is 1.34. The molecule has 0 aliphatic carbocycles. The first kappa shape index (κ1) is 16.9. The summed E-state index contributed by atoms with van der Waals surface area (Å²) in [5.74, 6) is 1.15. The minimum atomic E-state index is -3.83. The number of ether oxygens (including phenoxy) is 2. The fraction of sp³-hybridized carbons (Fsp3) is 0.294. The second kappa shape index (κ2) is 6.53. The van der Waals surface area contributed by atoms with Crippen LogP contribution in [0.5, 0.6) is 11.5 Å². The standard InChI is InChI=1S/C17H18ClNO4S/c1-3-22-16-9-12-8-11(2)23-15(12)10-14(16)19-24(20,21)17-7-5-4-6-13(17)18/h4-7,9-11,19H,3,8H2,1-2H3/t11-/m0/s1. The molecule has 0 fully saturated rings. The van der Waals surface area contributed by atoms with Gasteiger partial charge in [-0.3, -0.25) is 4.72 Å². The van der Waals surface area contributed by atoms with Gasteiger partial charge in [-0.05, 0) is 32.0 Å². The molecule has 3 rings (SSSR count). The van der Waals surface area contributed by atoms with E-state index >= 15 is 0 Å². The molecule has 1 heterocycles. The molecule has 2 aromatic carbocycles. The van der Waals surface area contributed by atoms with Crippen LogP contribution in [0.4, 0.5) is 5.69 Å². The van der Waals surface area contributed by atoms with E-state index < -0.39 is 10.0 Å². The first-order valence-electron chi connectivity index (χ1n) is 7.64. The fourth-order valence-corrected chi connectivity index (χ4v) is 4.24. The molecule has 0 saturated heterocycles. The highest BCUT2D eigenvalue weighted by Gasteiger charge is 2.25. The maximum atomic E-state index is 12.7. The smallest absolute Gasteiger partial charge is 0.263 e. The van der Waals surface area contributed by atoms with Gasteiger partial charge in [-0.25, -0.2) is 8.42 Å². The van der Waals surface area contributed by atoms with E-state index in [1.165, 1.54) is 12.1 Å². The normalized spacial score (nSPS) is 16.4. The average Bonchev–Trinajstić information content (AvgIpc) is 2.86. The highest BCUT2D eigenvalue weighted by atomic mass is 35.5. The largest absolute Gasteiger partial charge is 0.492 e. The Bertz CT molecular complexity index is 867. The molecule has 1 aliphatic rings.